The molecule has 0 aliphatic heterocycles. The van der Waals surface area contributed by atoms with Crippen LogP contribution >= 0.6 is 0 Å². The van der Waals surface area contributed by atoms with Gasteiger partial charge in [-0.3, -0.25) is 9.59 Å². The van der Waals surface area contributed by atoms with Crippen molar-refractivity contribution in [1.29, 1.82) is 0 Å². The summed E-state index contributed by atoms with van der Waals surface area (Å²) in [6.07, 6.45) is 27.5. The number of quaternary nitrogens is 1. The molecule has 0 saturated carbocycles. The van der Waals surface area contributed by atoms with Crippen molar-refractivity contribution in [2.75, 3.05) is 27.7 Å². The molecular weight excluding hydrogens is 402 g/mol. The number of allylic oxidation sites excluding steroid dienone is 10. The Hall–Kier alpha value is -2.40. The molecule has 180 valence electrons. The first-order chi connectivity index (χ1) is 15.2. The first kappa shape index (κ1) is 29.6. The number of unbranched alkanes of at least 4 members (excludes halogenated alkanes) is 1. The number of likely N-dealkylation sites (N-methyl/N-ethyl adjacent to an activating group) is 1. The van der Waals surface area contributed by atoms with Gasteiger partial charge in [0.25, 0.3) is 0 Å². The van der Waals surface area contributed by atoms with Crippen LogP contribution < -0.4 is 0 Å². The van der Waals surface area contributed by atoms with E-state index in [1.54, 1.807) is 0 Å². The van der Waals surface area contributed by atoms with E-state index < -0.39 is 12.1 Å². The molecule has 5 nitrogen and oxygen atoms in total. The summed E-state index contributed by atoms with van der Waals surface area (Å²) in [5.41, 5.74) is 0. The molecule has 1 N–H and O–H groups in total. The molecule has 1 atom stereocenters. The molecule has 5 heteroatoms. The molecule has 0 aromatic carbocycles. The number of carbonyl (C=O) groups excluding carboxylic acids is 1. The quantitative estimate of drug-likeness (QED) is 0.121. The highest BCUT2D eigenvalue weighted by Crippen LogP contribution is 2.08. The molecule has 0 amide bonds. The predicted octanol–water partition coefficient (Wildman–Crippen LogP) is 6.00. The highest BCUT2D eigenvalue weighted by Gasteiger charge is 2.24. The Morgan fingerprint density at radius 1 is 0.812 bits per heavy atom. The van der Waals surface area contributed by atoms with Crippen LogP contribution in [0.2, 0.25) is 0 Å². The van der Waals surface area contributed by atoms with E-state index in [0.29, 0.717) is 23.9 Å². The van der Waals surface area contributed by atoms with E-state index in [1.807, 2.05) is 21.1 Å². The topological polar surface area (TPSA) is 63.6 Å². The minimum atomic E-state index is -0.949. The molecule has 0 rings (SSSR count). The lowest BCUT2D eigenvalue weighted by Gasteiger charge is -2.28. The third-order valence-electron chi connectivity index (χ3n) is 4.36. The monoisotopic (exact) mass is 446 g/mol. The molecule has 0 spiro atoms. The van der Waals surface area contributed by atoms with Crippen molar-refractivity contribution in [3.63, 3.8) is 0 Å². The van der Waals surface area contributed by atoms with E-state index >= 15 is 0 Å². The van der Waals surface area contributed by atoms with Gasteiger partial charge in [0.05, 0.1) is 27.6 Å². The summed E-state index contributed by atoms with van der Waals surface area (Å²) in [5.74, 6) is -1.27. The van der Waals surface area contributed by atoms with Crippen molar-refractivity contribution in [3.05, 3.63) is 60.8 Å². The molecule has 0 aliphatic rings. The van der Waals surface area contributed by atoms with E-state index in [1.165, 1.54) is 0 Å². The van der Waals surface area contributed by atoms with Crippen LogP contribution in [-0.4, -0.2) is 55.3 Å². The largest absolute Gasteiger partial charge is 0.481 e. The Morgan fingerprint density at radius 3 is 1.72 bits per heavy atom. The van der Waals surface area contributed by atoms with Crippen molar-refractivity contribution in [3.8, 4) is 0 Å². The third kappa shape index (κ3) is 22.3. The second kappa shape index (κ2) is 19.3. The average molecular weight is 447 g/mol. The lowest BCUT2D eigenvalue weighted by molar-refractivity contribution is -0.873. The number of hydrogen-bond acceptors (Lipinski definition) is 3. The van der Waals surface area contributed by atoms with Crippen LogP contribution in [0.5, 0.6) is 0 Å². The van der Waals surface area contributed by atoms with Crippen LogP contribution in [0, 0.1) is 0 Å². The lowest BCUT2D eigenvalue weighted by Crippen LogP contribution is -2.43. The molecule has 0 bridgehead atoms. The Morgan fingerprint density at radius 2 is 1.28 bits per heavy atom. The van der Waals surface area contributed by atoms with E-state index in [0.717, 1.165) is 38.5 Å². The number of carboxylic acids is 1. The summed E-state index contributed by atoms with van der Waals surface area (Å²) < 4.78 is 5.93. The Kier molecular flexibility index (Phi) is 17.9. The summed E-state index contributed by atoms with van der Waals surface area (Å²) in [5, 5.41) is 9.00. The molecule has 32 heavy (non-hydrogen) atoms. The second-order valence-corrected chi connectivity index (χ2v) is 8.78. The summed E-state index contributed by atoms with van der Waals surface area (Å²) in [6, 6.07) is 0. The molecule has 1 unspecified atom stereocenters. The number of carboxylic acid groups (broad SMARTS) is 1. The smallest absolute Gasteiger partial charge is 0.307 e. The van der Waals surface area contributed by atoms with Gasteiger partial charge in [0.15, 0.2) is 6.10 Å². The highest BCUT2D eigenvalue weighted by atomic mass is 16.5. The normalized spacial score (nSPS) is 13.9. The number of rotatable bonds is 18. The van der Waals surface area contributed by atoms with Gasteiger partial charge in [0.1, 0.15) is 6.54 Å². The highest BCUT2D eigenvalue weighted by molar-refractivity contribution is 5.71. The van der Waals surface area contributed by atoms with Crippen molar-refractivity contribution < 1.29 is 23.9 Å². The van der Waals surface area contributed by atoms with Crippen molar-refractivity contribution in [2.45, 2.75) is 70.8 Å². The fourth-order valence-electron chi connectivity index (χ4n) is 2.93. The third-order valence-corrected chi connectivity index (χ3v) is 4.36. The van der Waals surface area contributed by atoms with Gasteiger partial charge >= 0.3 is 11.9 Å². The lowest BCUT2D eigenvalue weighted by atomic mass is 10.2. The Labute approximate surface area is 195 Å². The van der Waals surface area contributed by atoms with Crippen LogP contribution in [0.1, 0.15) is 64.7 Å². The maximum absolute atomic E-state index is 12.0. The first-order valence-corrected chi connectivity index (χ1v) is 11.7. The molecule has 0 fully saturated rings. The number of aliphatic carboxylic acids is 1. The van der Waals surface area contributed by atoms with Gasteiger partial charge < -0.3 is 14.3 Å². The van der Waals surface area contributed by atoms with Crippen LogP contribution in [0.3, 0.4) is 0 Å². The van der Waals surface area contributed by atoms with Crippen molar-refractivity contribution >= 4 is 11.9 Å². The Balaban J connectivity index is 3.89. The number of carbonyl (C=O) groups is 2. The van der Waals surface area contributed by atoms with E-state index in [2.05, 4.69) is 67.7 Å². The fourth-order valence-corrected chi connectivity index (χ4v) is 2.93. The summed E-state index contributed by atoms with van der Waals surface area (Å²) >= 11 is 0. The standard InChI is InChI=1S/C27H43NO4/c1-5-6-7-8-9-10-11-12-13-14-15-16-17-18-19-20-21-22-27(31)32-25(23-26(29)30)24-28(2,3)4/h6-7,9-10,12-13,15-16,18-19,25H,5,8,11,14,17,20-24H2,1-4H3/p+1/b7-6-,10-9-,13-12-,16-15-,19-18-. The van der Waals surface area contributed by atoms with Gasteiger partial charge in [0, 0.05) is 6.42 Å². The minimum absolute atomic E-state index is 0.157. The molecule has 0 aliphatic carbocycles. The number of esters is 1. The minimum Gasteiger partial charge on any atom is -0.481 e. The van der Waals surface area contributed by atoms with Crippen LogP contribution in [-0.2, 0) is 14.3 Å². The van der Waals surface area contributed by atoms with Gasteiger partial charge in [0.2, 0.25) is 0 Å². The summed E-state index contributed by atoms with van der Waals surface area (Å²) in [7, 11) is 5.85. The molecule has 0 radical (unpaired) electrons. The fraction of sp³-hybridized carbons (Fsp3) is 0.556. The second-order valence-electron chi connectivity index (χ2n) is 8.78. The molecular formula is C27H44NO4+. The molecule has 0 aromatic heterocycles. The number of hydrogen-bond donors (Lipinski definition) is 1. The maximum atomic E-state index is 12.0. The van der Waals surface area contributed by atoms with Crippen LogP contribution in [0.4, 0.5) is 0 Å². The zero-order valence-electron chi connectivity index (χ0n) is 20.5. The first-order valence-electron chi connectivity index (χ1n) is 11.7. The zero-order chi connectivity index (χ0) is 24.1. The van der Waals surface area contributed by atoms with Gasteiger partial charge in [-0.2, -0.15) is 0 Å². The predicted molar refractivity (Wildman–Crippen MR) is 133 cm³/mol. The van der Waals surface area contributed by atoms with Gasteiger partial charge in [-0.1, -0.05) is 67.7 Å². The zero-order valence-corrected chi connectivity index (χ0v) is 20.5. The van der Waals surface area contributed by atoms with Crippen molar-refractivity contribution in [1.82, 2.24) is 0 Å². The van der Waals surface area contributed by atoms with Crippen molar-refractivity contribution in [2.24, 2.45) is 0 Å². The summed E-state index contributed by atoms with van der Waals surface area (Å²) in [6.45, 7) is 2.62. The summed E-state index contributed by atoms with van der Waals surface area (Å²) in [4.78, 5) is 23.0. The number of ether oxygens (including phenoxy) is 1. The van der Waals surface area contributed by atoms with Gasteiger partial charge in [-0.15, -0.1) is 0 Å². The molecule has 0 heterocycles. The van der Waals surface area contributed by atoms with E-state index in [9.17, 15) is 9.59 Å². The average Bonchev–Trinajstić information content (AvgIpc) is 2.68. The SMILES string of the molecule is CC/C=C\C/C=C\C/C=C\C/C=C\C/C=C\CCCC(=O)OC(CC(=O)O)C[N+](C)(C)C. The van der Waals surface area contributed by atoms with Gasteiger partial charge in [-0.05, 0) is 44.9 Å². The van der Waals surface area contributed by atoms with E-state index in [-0.39, 0.29) is 12.4 Å². The number of nitrogens with zero attached hydrogens (tertiary/aromatic N) is 1. The molecule has 0 saturated heterocycles. The van der Waals surface area contributed by atoms with Gasteiger partial charge in [-0.25, -0.2) is 0 Å². The van der Waals surface area contributed by atoms with E-state index in [4.69, 9.17) is 9.84 Å². The maximum Gasteiger partial charge on any atom is 0.307 e. The van der Waals surface area contributed by atoms with Crippen LogP contribution in [0.15, 0.2) is 60.8 Å². The molecule has 0 aromatic rings. The van der Waals surface area contributed by atoms with Crippen LogP contribution in [0.25, 0.3) is 0 Å². The Bertz CT molecular complexity index is 651.